The molecule has 1 aromatic carbocycles. The van der Waals surface area contributed by atoms with E-state index in [0.29, 0.717) is 10.7 Å². The lowest BCUT2D eigenvalue weighted by Gasteiger charge is -2.03. The summed E-state index contributed by atoms with van der Waals surface area (Å²) in [6, 6.07) is 8.01. The summed E-state index contributed by atoms with van der Waals surface area (Å²) in [5.74, 6) is 0. The average Bonchev–Trinajstić information content (AvgIpc) is 2.68. The summed E-state index contributed by atoms with van der Waals surface area (Å²) < 4.78 is 0. The molecule has 5 heteroatoms. The summed E-state index contributed by atoms with van der Waals surface area (Å²) in [7, 11) is 0. The van der Waals surface area contributed by atoms with Gasteiger partial charge in [0.25, 0.3) is 0 Å². The zero-order valence-electron chi connectivity index (χ0n) is 9.54. The van der Waals surface area contributed by atoms with E-state index in [1.165, 1.54) is 6.20 Å². The summed E-state index contributed by atoms with van der Waals surface area (Å²) in [4.78, 5) is 11.4. The Bertz CT molecular complexity index is 734. The lowest BCUT2D eigenvalue weighted by Crippen LogP contribution is -1.89. The standard InChI is InChI=1S/C13H9Cl2N3/c1-7-11(8-4-2-3-5-10(8)17-7)12-9(14)6-16-13(15)18-12/h2-6,17H,1H3. The van der Waals surface area contributed by atoms with E-state index in [2.05, 4.69) is 15.0 Å². The Morgan fingerprint density at radius 1 is 1.17 bits per heavy atom. The first-order valence-electron chi connectivity index (χ1n) is 5.42. The van der Waals surface area contributed by atoms with E-state index in [4.69, 9.17) is 23.2 Å². The summed E-state index contributed by atoms with van der Waals surface area (Å²) in [6.07, 6.45) is 1.52. The highest BCUT2D eigenvalue weighted by atomic mass is 35.5. The number of benzene rings is 1. The highest BCUT2D eigenvalue weighted by Crippen LogP contribution is 2.34. The number of hydrogen-bond acceptors (Lipinski definition) is 2. The molecule has 0 fully saturated rings. The van der Waals surface area contributed by atoms with E-state index in [-0.39, 0.29) is 5.28 Å². The van der Waals surface area contributed by atoms with Crippen molar-refractivity contribution in [2.75, 3.05) is 0 Å². The average molecular weight is 278 g/mol. The van der Waals surface area contributed by atoms with Crippen molar-refractivity contribution in [2.24, 2.45) is 0 Å². The first kappa shape index (κ1) is 11.5. The second kappa shape index (κ2) is 4.26. The minimum Gasteiger partial charge on any atom is -0.358 e. The Balaban J connectivity index is 2.37. The van der Waals surface area contributed by atoms with E-state index in [1.54, 1.807) is 0 Å². The van der Waals surface area contributed by atoms with Gasteiger partial charge in [-0.15, -0.1) is 0 Å². The van der Waals surface area contributed by atoms with Crippen molar-refractivity contribution in [3.8, 4) is 11.3 Å². The van der Waals surface area contributed by atoms with E-state index in [0.717, 1.165) is 22.2 Å². The van der Waals surface area contributed by atoms with Crippen LogP contribution in [0.15, 0.2) is 30.5 Å². The minimum absolute atomic E-state index is 0.194. The van der Waals surface area contributed by atoms with E-state index >= 15 is 0 Å². The smallest absolute Gasteiger partial charge is 0.222 e. The van der Waals surface area contributed by atoms with Gasteiger partial charge < -0.3 is 4.98 Å². The molecular formula is C13H9Cl2N3. The SMILES string of the molecule is Cc1[nH]c2ccccc2c1-c1nc(Cl)ncc1Cl. The quantitative estimate of drug-likeness (QED) is 0.676. The Kier molecular flexibility index (Phi) is 2.73. The van der Waals surface area contributed by atoms with Crippen LogP contribution in [-0.4, -0.2) is 15.0 Å². The molecule has 0 spiro atoms. The van der Waals surface area contributed by atoms with Gasteiger partial charge in [-0.1, -0.05) is 29.8 Å². The van der Waals surface area contributed by atoms with E-state index < -0.39 is 0 Å². The van der Waals surface area contributed by atoms with Gasteiger partial charge in [0.15, 0.2) is 0 Å². The van der Waals surface area contributed by atoms with Crippen LogP contribution in [0.25, 0.3) is 22.2 Å². The van der Waals surface area contributed by atoms with Crippen LogP contribution in [0.5, 0.6) is 0 Å². The lowest BCUT2D eigenvalue weighted by molar-refractivity contribution is 1.17. The van der Waals surface area contributed by atoms with Gasteiger partial charge in [0.1, 0.15) is 0 Å². The summed E-state index contributed by atoms with van der Waals surface area (Å²) >= 11 is 12.0. The molecule has 0 radical (unpaired) electrons. The first-order chi connectivity index (χ1) is 8.66. The van der Waals surface area contributed by atoms with Crippen LogP contribution < -0.4 is 0 Å². The molecule has 0 saturated carbocycles. The highest BCUT2D eigenvalue weighted by molar-refractivity contribution is 6.34. The topological polar surface area (TPSA) is 41.6 Å². The molecule has 2 aromatic heterocycles. The number of nitrogens with zero attached hydrogens (tertiary/aromatic N) is 2. The number of nitrogens with one attached hydrogen (secondary N) is 1. The van der Waals surface area contributed by atoms with Crippen molar-refractivity contribution in [3.63, 3.8) is 0 Å². The number of fused-ring (bicyclic) bond motifs is 1. The third kappa shape index (κ3) is 1.76. The second-order valence-electron chi connectivity index (χ2n) is 4.01. The molecule has 0 saturated heterocycles. The summed E-state index contributed by atoms with van der Waals surface area (Å²) in [5, 5.41) is 1.76. The van der Waals surface area contributed by atoms with Crippen molar-refractivity contribution in [3.05, 3.63) is 46.5 Å². The zero-order chi connectivity index (χ0) is 12.7. The molecule has 0 aliphatic heterocycles. The molecule has 3 aromatic rings. The predicted molar refractivity (Wildman–Crippen MR) is 74.1 cm³/mol. The van der Waals surface area contributed by atoms with Crippen LogP contribution in [0.1, 0.15) is 5.69 Å². The fourth-order valence-electron chi connectivity index (χ4n) is 2.10. The Hall–Kier alpha value is -1.58. The molecule has 3 rings (SSSR count). The van der Waals surface area contributed by atoms with Crippen molar-refractivity contribution in [1.29, 1.82) is 0 Å². The van der Waals surface area contributed by atoms with Gasteiger partial charge in [0.2, 0.25) is 5.28 Å². The van der Waals surface area contributed by atoms with Gasteiger partial charge >= 0.3 is 0 Å². The zero-order valence-corrected chi connectivity index (χ0v) is 11.0. The Morgan fingerprint density at radius 3 is 2.78 bits per heavy atom. The molecule has 18 heavy (non-hydrogen) atoms. The van der Waals surface area contributed by atoms with Gasteiger partial charge in [0, 0.05) is 22.2 Å². The number of para-hydroxylation sites is 1. The Morgan fingerprint density at radius 2 is 1.94 bits per heavy atom. The second-order valence-corrected chi connectivity index (χ2v) is 4.75. The lowest BCUT2D eigenvalue weighted by atomic mass is 10.1. The van der Waals surface area contributed by atoms with Gasteiger partial charge in [-0.3, -0.25) is 0 Å². The van der Waals surface area contributed by atoms with E-state index in [9.17, 15) is 0 Å². The number of aromatic amines is 1. The Labute approximate surface area is 114 Å². The number of rotatable bonds is 1. The molecule has 0 unspecified atom stereocenters. The van der Waals surface area contributed by atoms with Crippen molar-refractivity contribution < 1.29 is 0 Å². The molecule has 0 atom stereocenters. The predicted octanol–water partition coefficient (Wildman–Crippen LogP) is 4.24. The van der Waals surface area contributed by atoms with Gasteiger partial charge in [-0.2, -0.15) is 0 Å². The third-order valence-corrected chi connectivity index (χ3v) is 3.30. The van der Waals surface area contributed by atoms with Crippen LogP contribution in [0.4, 0.5) is 0 Å². The first-order valence-corrected chi connectivity index (χ1v) is 6.18. The normalized spacial score (nSPS) is 11.1. The molecule has 0 amide bonds. The number of halogens is 2. The van der Waals surface area contributed by atoms with Gasteiger partial charge in [-0.05, 0) is 24.6 Å². The molecule has 90 valence electrons. The maximum Gasteiger partial charge on any atom is 0.222 e. The van der Waals surface area contributed by atoms with Crippen LogP contribution >= 0.6 is 23.2 Å². The van der Waals surface area contributed by atoms with Crippen molar-refractivity contribution in [2.45, 2.75) is 6.92 Å². The monoisotopic (exact) mass is 277 g/mol. The van der Waals surface area contributed by atoms with Crippen LogP contribution in [-0.2, 0) is 0 Å². The molecule has 3 nitrogen and oxygen atoms in total. The third-order valence-electron chi connectivity index (χ3n) is 2.85. The number of hydrogen-bond donors (Lipinski definition) is 1. The fraction of sp³-hybridized carbons (Fsp3) is 0.0769. The molecule has 0 aliphatic carbocycles. The summed E-state index contributed by atoms with van der Waals surface area (Å²) in [5.41, 5.74) is 3.69. The molecular weight excluding hydrogens is 269 g/mol. The van der Waals surface area contributed by atoms with Crippen molar-refractivity contribution >= 4 is 34.1 Å². The maximum absolute atomic E-state index is 6.16. The molecule has 0 bridgehead atoms. The molecule has 1 N–H and O–H groups in total. The molecule has 0 aliphatic rings. The van der Waals surface area contributed by atoms with Crippen LogP contribution in [0.2, 0.25) is 10.3 Å². The van der Waals surface area contributed by atoms with Crippen LogP contribution in [0.3, 0.4) is 0 Å². The summed E-state index contributed by atoms with van der Waals surface area (Å²) in [6.45, 7) is 1.99. The molecule has 2 heterocycles. The van der Waals surface area contributed by atoms with Gasteiger partial charge in [-0.25, -0.2) is 9.97 Å². The number of aryl methyl sites for hydroxylation is 1. The van der Waals surface area contributed by atoms with Crippen LogP contribution in [0, 0.1) is 6.92 Å². The number of aromatic nitrogens is 3. The maximum atomic E-state index is 6.16. The van der Waals surface area contributed by atoms with Crippen molar-refractivity contribution in [1.82, 2.24) is 15.0 Å². The fourth-order valence-corrected chi connectivity index (χ4v) is 2.42. The van der Waals surface area contributed by atoms with Gasteiger partial charge in [0.05, 0.1) is 16.9 Å². The largest absolute Gasteiger partial charge is 0.358 e. The van der Waals surface area contributed by atoms with E-state index in [1.807, 2.05) is 31.2 Å². The highest BCUT2D eigenvalue weighted by Gasteiger charge is 2.15. The number of H-pyrrole nitrogens is 1. The minimum atomic E-state index is 0.194.